The zero-order valence-corrected chi connectivity index (χ0v) is 16.9. The molecule has 0 spiro atoms. The first-order chi connectivity index (χ1) is 13.1. The molecule has 27 heavy (non-hydrogen) atoms. The van der Waals surface area contributed by atoms with Crippen molar-refractivity contribution in [3.05, 3.63) is 35.9 Å². The van der Waals surface area contributed by atoms with Crippen LogP contribution in [0.1, 0.15) is 63.5 Å². The Kier molecular flexibility index (Phi) is 9.32. The number of piperidine rings is 1. The smallest absolute Gasteiger partial charge is 0.223 e. The van der Waals surface area contributed by atoms with Gasteiger partial charge in [0.2, 0.25) is 11.8 Å². The molecule has 0 aliphatic carbocycles. The van der Waals surface area contributed by atoms with Crippen molar-refractivity contribution in [2.24, 2.45) is 5.92 Å². The van der Waals surface area contributed by atoms with Crippen molar-refractivity contribution in [3.8, 4) is 0 Å². The standard InChI is InChI=1S/C22H35N3O2/c1-18(19-10-6-5-7-11-19)25-16-13-20(14-17-25)22(27)24-15-9-4-3-8-12-21(26)23-2/h5-7,10-11,18,20H,3-4,8-9,12-17H2,1-2H3,(H,23,26)(H,24,27). The third-order valence-electron chi connectivity index (χ3n) is 5.64. The molecule has 0 radical (unpaired) electrons. The van der Waals surface area contributed by atoms with Gasteiger partial charge in [-0.15, -0.1) is 0 Å². The topological polar surface area (TPSA) is 61.4 Å². The summed E-state index contributed by atoms with van der Waals surface area (Å²) < 4.78 is 0. The van der Waals surface area contributed by atoms with Gasteiger partial charge < -0.3 is 10.6 Å². The molecule has 1 heterocycles. The second kappa shape index (κ2) is 11.8. The minimum Gasteiger partial charge on any atom is -0.359 e. The van der Waals surface area contributed by atoms with Gasteiger partial charge in [0.05, 0.1) is 0 Å². The van der Waals surface area contributed by atoms with Crippen LogP contribution in [0.2, 0.25) is 0 Å². The van der Waals surface area contributed by atoms with E-state index in [0.29, 0.717) is 12.5 Å². The van der Waals surface area contributed by atoms with E-state index in [1.54, 1.807) is 7.05 Å². The quantitative estimate of drug-likeness (QED) is 0.619. The number of amides is 2. The molecule has 0 bridgehead atoms. The molecule has 5 heteroatoms. The van der Waals surface area contributed by atoms with Crippen molar-refractivity contribution >= 4 is 11.8 Å². The van der Waals surface area contributed by atoms with E-state index in [1.165, 1.54) is 5.56 Å². The van der Waals surface area contributed by atoms with Gasteiger partial charge in [0.25, 0.3) is 0 Å². The monoisotopic (exact) mass is 373 g/mol. The van der Waals surface area contributed by atoms with Gasteiger partial charge in [-0.2, -0.15) is 0 Å². The summed E-state index contributed by atoms with van der Waals surface area (Å²) in [7, 11) is 1.67. The van der Waals surface area contributed by atoms with Crippen LogP contribution in [-0.2, 0) is 9.59 Å². The molecule has 1 saturated heterocycles. The molecule has 1 aliphatic heterocycles. The first kappa shape index (κ1) is 21.4. The summed E-state index contributed by atoms with van der Waals surface area (Å²) in [4.78, 5) is 26.0. The SMILES string of the molecule is CNC(=O)CCCCCCNC(=O)C1CCN(C(C)c2ccccc2)CC1. The lowest BCUT2D eigenvalue weighted by molar-refractivity contribution is -0.126. The van der Waals surface area contributed by atoms with Crippen LogP contribution in [0.5, 0.6) is 0 Å². The number of rotatable bonds is 10. The van der Waals surface area contributed by atoms with E-state index in [2.05, 4.69) is 52.8 Å². The van der Waals surface area contributed by atoms with Crippen LogP contribution in [0.25, 0.3) is 0 Å². The Labute approximate surface area is 163 Å². The van der Waals surface area contributed by atoms with Crippen LogP contribution in [0.3, 0.4) is 0 Å². The Bertz CT molecular complexity index is 568. The van der Waals surface area contributed by atoms with Gasteiger partial charge in [0.15, 0.2) is 0 Å². The normalized spacial score (nSPS) is 16.7. The van der Waals surface area contributed by atoms with Gasteiger partial charge in [0, 0.05) is 32.0 Å². The highest BCUT2D eigenvalue weighted by Gasteiger charge is 2.27. The van der Waals surface area contributed by atoms with Crippen LogP contribution < -0.4 is 10.6 Å². The van der Waals surface area contributed by atoms with E-state index in [-0.39, 0.29) is 17.7 Å². The number of carbonyl (C=O) groups is 2. The first-order valence-corrected chi connectivity index (χ1v) is 10.4. The molecule has 2 rings (SSSR count). The highest BCUT2D eigenvalue weighted by molar-refractivity contribution is 5.78. The number of likely N-dealkylation sites (tertiary alicyclic amines) is 1. The third-order valence-corrected chi connectivity index (χ3v) is 5.64. The zero-order valence-electron chi connectivity index (χ0n) is 16.9. The van der Waals surface area contributed by atoms with Crippen LogP contribution in [0.15, 0.2) is 30.3 Å². The molecule has 1 aromatic rings. The lowest BCUT2D eigenvalue weighted by atomic mass is 9.94. The Morgan fingerprint density at radius 2 is 1.74 bits per heavy atom. The average Bonchev–Trinajstić information content (AvgIpc) is 2.72. The van der Waals surface area contributed by atoms with Crippen molar-refractivity contribution < 1.29 is 9.59 Å². The van der Waals surface area contributed by atoms with Crippen molar-refractivity contribution in [2.75, 3.05) is 26.7 Å². The molecule has 1 unspecified atom stereocenters. The lowest BCUT2D eigenvalue weighted by Gasteiger charge is -2.35. The van der Waals surface area contributed by atoms with Gasteiger partial charge in [-0.05, 0) is 51.3 Å². The van der Waals surface area contributed by atoms with Gasteiger partial charge in [0.1, 0.15) is 0 Å². The molecule has 1 aromatic carbocycles. The Balaban J connectivity index is 1.58. The Hall–Kier alpha value is -1.88. The summed E-state index contributed by atoms with van der Waals surface area (Å²) in [5.41, 5.74) is 1.34. The van der Waals surface area contributed by atoms with Crippen LogP contribution in [0, 0.1) is 5.92 Å². The highest BCUT2D eigenvalue weighted by Crippen LogP contribution is 2.26. The molecular formula is C22H35N3O2. The summed E-state index contributed by atoms with van der Waals surface area (Å²) in [6.45, 7) is 4.96. The summed E-state index contributed by atoms with van der Waals surface area (Å²) in [6.07, 6.45) is 6.49. The van der Waals surface area contributed by atoms with E-state index >= 15 is 0 Å². The Morgan fingerprint density at radius 1 is 1.07 bits per heavy atom. The number of hydrogen-bond donors (Lipinski definition) is 2. The predicted octanol–water partition coefficient (Wildman–Crippen LogP) is 3.27. The molecule has 0 aromatic heterocycles. The number of nitrogens with zero attached hydrogens (tertiary/aromatic N) is 1. The van der Waals surface area contributed by atoms with E-state index in [9.17, 15) is 9.59 Å². The largest absolute Gasteiger partial charge is 0.359 e. The van der Waals surface area contributed by atoms with Crippen molar-refractivity contribution in [1.82, 2.24) is 15.5 Å². The fourth-order valence-electron chi connectivity index (χ4n) is 3.74. The maximum Gasteiger partial charge on any atom is 0.223 e. The molecule has 2 amide bonds. The minimum atomic E-state index is 0.108. The van der Waals surface area contributed by atoms with Crippen LogP contribution >= 0.6 is 0 Å². The fourth-order valence-corrected chi connectivity index (χ4v) is 3.74. The van der Waals surface area contributed by atoms with Crippen molar-refractivity contribution in [3.63, 3.8) is 0 Å². The molecule has 2 N–H and O–H groups in total. The minimum absolute atomic E-state index is 0.108. The summed E-state index contributed by atoms with van der Waals surface area (Å²) in [5, 5.41) is 5.74. The summed E-state index contributed by atoms with van der Waals surface area (Å²) in [5.74, 6) is 0.473. The van der Waals surface area contributed by atoms with E-state index < -0.39 is 0 Å². The first-order valence-electron chi connectivity index (χ1n) is 10.4. The maximum atomic E-state index is 12.4. The number of benzene rings is 1. The fraction of sp³-hybridized carbons (Fsp3) is 0.636. The molecule has 1 fully saturated rings. The number of hydrogen-bond acceptors (Lipinski definition) is 3. The molecular weight excluding hydrogens is 338 g/mol. The van der Waals surface area contributed by atoms with E-state index in [0.717, 1.165) is 58.2 Å². The van der Waals surface area contributed by atoms with Gasteiger partial charge in [-0.3, -0.25) is 14.5 Å². The lowest BCUT2D eigenvalue weighted by Crippen LogP contribution is -2.41. The number of unbranched alkanes of at least 4 members (excludes halogenated alkanes) is 3. The summed E-state index contributed by atoms with van der Waals surface area (Å²) >= 11 is 0. The molecule has 1 aliphatic rings. The predicted molar refractivity (Wildman–Crippen MR) is 109 cm³/mol. The van der Waals surface area contributed by atoms with Crippen LogP contribution in [0.4, 0.5) is 0 Å². The second-order valence-corrected chi connectivity index (χ2v) is 7.53. The molecule has 5 nitrogen and oxygen atoms in total. The maximum absolute atomic E-state index is 12.4. The Morgan fingerprint density at radius 3 is 2.41 bits per heavy atom. The van der Waals surface area contributed by atoms with Gasteiger partial charge in [-0.1, -0.05) is 43.2 Å². The zero-order chi connectivity index (χ0) is 19.5. The molecule has 150 valence electrons. The van der Waals surface area contributed by atoms with Crippen molar-refractivity contribution in [2.45, 2.75) is 57.9 Å². The summed E-state index contributed by atoms with van der Waals surface area (Å²) in [6, 6.07) is 11.0. The molecule has 0 saturated carbocycles. The van der Waals surface area contributed by atoms with Crippen LogP contribution in [-0.4, -0.2) is 43.4 Å². The van der Waals surface area contributed by atoms with E-state index in [1.807, 2.05) is 0 Å². The van der Waals surface area contributed by atoms with E-state index in [4.69, 9.17) is 0 Å². The second-order valence-electron chi connectivity index (χ2n) is 7.53. The number of carbonyl (C=O) groups excluding carboxylic acids is 2. The average molecular weight is 374 g/mol. The third kappa shape index (κ3) is 7.33. The van der Waals surface area contributed by atoms with Gasteiger partial charge >= 0.3 is 0 Å². The number of nitrogens with one attached hydrogen (secondary N) is 2. The van der Waals surface area contributed by atoms with Crippen molar-refractivity contribution in [1.29, 1.82) is 0 Å². The van der Waals surface area contributed by atoms with Gasteiger partial charge in [-0.25, -0.2) is 0 Å². The highest BCUT2D eigenvalue weighted by atomic mass is 16.2. The molecule has 1 atom stereocenters.